The summed E-state index contributed by atoms with van der Waals surface area (Å²) in [6.45, 7) is 1.29. The van der Waals surface area contributed by atoms with E-state index in [1.54, 1.807) is 0 Å². The molecule has 0 atom stereocenters. The second-order valence-corrected chi connectivity index (χ2v) is 5.08. The number of nitrogens with one attached hydrogen (secondary N) is 1. The van der Waals surface area contributed by atoms with E-state index in [2.05, 4.69) is 17.4 Å². The fourth-order valence-corrected chi connectivity index (χ4v) is 2.28. The maximum atomic E-state index is 12.1. The van der Waals surface area contributed by atoms with Crippen molar-refractivity contribution in [3.8, 4) is 0 Å². The van der Waals surface area contributed by atoms with Crippen LogP contribution in [0.15, 0.2) is 54.6 Å². The van der Waals surface area contributed by atoms with Crippen LogP contribution in [0.5, 0.6) is 0 Å². The molecule has 3 N–H and O–H groups in total. The van der Waals surface area contributed by atoms with Crippen molar-refractivity contribution in [1.29, 1.82) is 0 Å². The van der Waals surface area contributed by atoms with Crippen LogP contribution in [0.2, 0.25) is 0 Å². The van der Waals surface area contributed by atoms with Crippen LogP contribution in [-0.4, -0.2) is 19.0 Å². The van der Waals surface area contributed by atoms with E-state index in [-0.39, 0.29) is 5.91 Å². The minimum Gasteiger partial charge on any atom is -0.352 e. The number of aryl methyl sites for hydroxylation is 1. The van der Waals surface area contributed by atoms with Crippen LogP contribution in [0, 0.1) is 0 Å². The second kappa shape index (κ2) is 8.22. The van der Waals surface area contributed by atoms with E-state index in [0.717, 1.165) is 24.8 Å². The predicted molar refractivity (Wildman–Crippen MR) is 86.3 cm³/mol. The number of carbonyl (C=O) groups excluding carboxylic acids is 1. The summed E-state index contributed by atoms with van der Waals surface area (Å²) in [5.41, 5.74) is 8.66. The van der Waals surface area contributed by atoms with E-state index in [0.29, 0.717) is 18.7 Å². The minimum absolute atomic E-state index is 0.0121. The van der Waals surface area contributed by atoms with Crippen LogP contribution in [-0.2, 0) is 12.8 Å². The molecular formula is C18H22N2O. The minimum atomic E-state index is -0.0121. The number of amides is 1. The standard InChI is InChI=1S/C18H22N2O/c19-12-11-16-8-4-10-17(14-16)18(21)20-13-5-9-15-6-2-1-3-7-15/h1-4,6-8,10,14H,5,9,11-13,19H2,(H,20,21). The molecule has 21 heavy (non-hydrogen) atoms. The van der Waals surface area contributed by atoms with Gasteiger partial charge in [-0.05, 0) is 49.1 Å². The first-order valence-electron chi connectivity index (χ1n) is 7.41. The van der Waals surface area contributed by atoms with Gasteiger partial charge in [-0.1, -0.05) is 42.5 Å². The Balaban J connectivity index is 1.78. The Bertz CT molecular complexity index is 566. The van der Waals surface area contributed by atoms with Crippen molar-refractivity contribution in [2.24, 2.45) is 5.73 Å². The van der Waals surface area contributed by atoms with E-state index in [1.165, 1.54) is 5.56 Å². The Labute approximate surface area is 126 Å². The first-order valence-corrected chi connectivity index (χ1v) is 7.41. The molecule has 0 heterocycles. The van der Waals surface area contributed by atoms with Gasteiger partial charge in [-0.15, -0.1) is 0 Å². The summed E-state index contributed by atoms with van der Waals surface area (Å²) in [5.74, 6) is -0.0121. The molecule has 2 aromatic carbocycles. The number of benzene rings is 2. The van der Waals surface area contributed by atoms with Gasteiger partial charge in [0.25, 0.3) is 5.91 Å². The highest BCUT2D eigenvalue weighted by Crippen LogP contribution is 2.06. The molecule has 0 saturated heterocycles. The average molecular weight is 282 g/mol. The van der Waals surface area contributed by atoms with E-state index in [4.69, 9.17) is 5.73 Å². The maximum Gasteiger partial charge on any atom is 0.251 e. The molecular weight excluding hydrogens is 260 g/mol. The van der Waals surface area contributed by atoms with Gasteiger partial charge in [0.05, 0.1) is 0 Å². The highest BCUT2D eigenvalue weighted by molar-refractivity contribution is 5.94. The summed E-state index contributed by atoms with van der Waals surface area (Å²) >= 11 is 0. The topological polar surface area (TPSA) is 55.1 Å². The zero-order valence-electron chi connectivity index (χ0n) is 12.2. The monoisotopic (exact) mass is 282 g/mol. The highest BCUT2D eigenvalue weighted by Gasteiger charge is 2.05. The van der Waals surface area contributed by atoms with Crippen molar-refractivity contribution >= 4 is 5.91 Å². The Hall–Kier alpha value is -2.13. The van der Waals surface area contributed by atoms with Crippen LogP contribution in [0.25, 0.3) is 0 Å². The van der Waals surface area contributed by atoms with Crippen LogP contribution in [0.1, 0.15) is 27.9 Å². The van der Waals surface area contributed by atoms with Crippen LogP contribution >= 0.6 is 0 Å². The van der Waals surface area contributed by atoms with Crippen LogP contribution < -0.4 is 11.1 Å². The van der Waals surface area contributed by atoms with E-state index in [9.17, 15) is 4.79 Å². The number of hydrogen-bond acceptors (Lipinski definition) is 2. The maximum absolute atomic E-state index is 12.1. The Kier molecular flexibility index (Phi) is 5.98. The molecule has 0 aromatic heterocycles. The Morgan fingerprint density at radius 3 is 2.48 bits per heavy atom. The zero-order chi connectivity index (χ0) is 14.9. The fourth-order valence-electron chi connectivity index (χ4n) is 2.28. The molecule has 2 aromatic rings. The molecule has 0 aliphatic rings. The van der Waals surface area contributed by atoms with Crippen molar-refractivity contribution in [2.45, 2.75) is 19.3 Å². The summed E-state index contributed by atoms with van der Waals surface area (Å²) in [6.07, 6.45) is 2.72. The molecule has 2 rings (SSSR count). The summed E-state index contributed by atoms with van der Waals surface area (Å²) in [5, 5.41) is 2.97. The lowest BCUT2D eigenvalue weighted by Gasteiger charge is -2.07. The molecule has 0 aliphatic carbocycles. The number of nitrogens with two attached hydrogens (primary N) is 1. The molecule has 0 unspecified atom stereocenters. The van der Waals surface area contributed by atoms with E-state index >= 15 is 0 Å². The number of rotatable bonds is 7. The molecule has 3 heteroatoms. The normalized spacial score (nSPS) is 10.3. The largest absolute Gasteiger partial charge is 0.352 e. The van der Waals surface area contributed by atoms with E-state index < -0.39 is 0 Å². The summed E-state index contributed by atoms with van der Waals surface area (Å²) in [6, 6.07) is 18.0. The van der Waals surface area contributed by atoms with Gasteiger partial charge in [0, 0.05) is 12.1 Å². The van der Waals surface area contributed by atoms with Crippen LogP contribution in [0.4, 0.5) is 0 Å². The highest BCUT2D eigenvalue weighted by atomic mass is 16.1. The summed E-state index contributed by atoms with van der Waals surface area (Å²) < 4.78 is 0. The predicted octanol–water partition coefficient (Wildman–Crippen LogP) is 2.55. The second-order valence-electron chi connectivity index (χ2n) is 5.08. The van der Waals surface area contributed by atoms with Crippen molar-refractivity contribution in [3.63, 3.8) is 0 Å². The molecule has 0 radical (unpaired) electrons. The van der Waals surface area contributed by atoms with Gasteiger partial charge < -0.3 is 11.1 Å². The lowest BCUT2D eigenvalue weighted by molar-refractivity contribution is 0.0953. The molecule has 0 bridgehead atoms. The summed E-state index contributed by atoms with van der Waals surface area (Å²) in [4.78, 5) is 12.1. The van der Waals surface area contributed by atoms with Crippen molar-refractivity contribution in [2.75, 3.05) is 13.1 Å². The Morgan fingerprint density at radius 1 is 0.952 bits per heavy atom. The third kappa shape index (κ3) is 5.04. The van der Waals surface area contributed by atoms with Gasteiger partial charge >= 0.3 is 0 Å². The smallest absolute Gasteiger partial charge is 0.251 e. The third-order valence-electron chi connectivity index (χ3n) is 3.39. The fraction of sp³-hybridized carbons (Fsp3) is 0.278. The van der Waals surface area contributed by atoms with Crippen molar-refractivity contribution in [3.05, 3.63) is 71.3 Å². The lowest BCUT2D eigenvalue weighted by atomic mass is 10.1. The molecule has 110 valence electrons. The first kappa shape index (κ1) is 15.3. The third-order valence-corrected chi connectivity index (χ3v) is 3.39. The van der Waals surface area contributed by atoms with Gasteiger partial charge in [0.15, 0.2) is 0 Å². The molecule has 1 amide bonds. The van der Waals surface area contributed by atoms with Gasteiger partial charge in [-0.25, -0.2) is 0 Å². The molecule has 0 fully saturated rings. The van der Waals surface area contributed by atoms with Crippen molar-refractivity contribution < 1.29 is 4.79 Å². The Morgan fingerprint density at radius 2 is 1.71 bits per heavy atom. The number of hydrogen-bond donors (Lipinski definition) is 2. The average Bonchev–Trinajstić information content (AvgIpc) is 2.53. The first-order chi connectivity index (χ1) is 10.3. The van der Waals surface area contributed by atoms with Gasteiger partial charge in [-0.2, -0.15) is 0 Å². The van der Waals surface area contributed by atoms with Gasteiger partial charge in [0.1, 0.15) is 0 Å². The molecule has 0 aliphatic heterocycles. The molecule has 0 spiro atoms. The quantitative estimate of drug-likeness (QED) is 0.767. The van der Waals surface area contributed by atoms with Gasteiger partial charge in [-0.3, -0.25) is 4.79 Å². The molecule has 0 saturated carbocycles. The zero-order valence-corrected chi connectivity index (χ0v) is 12.2. The van der Waals surface area contributed by atoms with Crippen LogP contribution in [0.3, 0.4) is 0 Å². The van der Waals surface area contributed by atoms with E-state index in [1.807, 2.05) is 42.5 Å². The van der Waals surface area contributed by atoms with Gasteiger partial charge in [0.2, 0.25) is 0 Å². The molecule has 3 nitrogen and oxygen atoms in total. The lowest BCUT2D eigenvalue weighted by Crippen LogP contribution is -2.24. The van der Waals surface area contributed by atoms with Crippen molar-refractivity contribution in [1.82, 2.24) is 5.32 Å². The SMILES string of the molecule is NCCc1cccc(C(=O)NCCCc2ccccc2)c1. The summed E-state index contributed by atoms with van der Waals surface area (Å²) in [7, 11) is 0. The number of carbonyl (C=O) groups is 1.